The van der Waals surface area contributed by atoms with Gasteiger partial charge in [0.25, 0.3) is 0 Å². The minimum Gasteiger partial charge on any atom is -0.338 e. The van der Waals surface area contributed by atoms with E-state index >= 15 is 0 Å². The minimum absolute atomic E-state index is 0.334. The molecule has 3 amide bonds. The first-order valence-corrected chi connectivity index (χ1v) is 8.96. The second-order valence-electron chi connectivity index (χ2n) is 3.79. The second-order valence-corrected chi connectivity index (χ2v) is 7.70. The van der Waals surface area contributed by atoms with E-state index in [0.717, 1.165) is 20.9 Å². The van der Waals surface area contributed by atoms with Crippen LogP contribution < -0.4 is 10.6 Å². The molecule has 0 aliphatic rings. The average Bonchev–Trinajstić information content (AvgIpc) is 2.84. The molecule has 6 nitrogen and oxygen atoms in total. The molecular formula is C11H18N4O2S3. The lowest BCUT2D eigenvalue weighted by atomic mass is 10.4. The standard InChI is InChI=1S/C11H18N4O2S3/c1-4-6-18-10-14-15-11(20-10)19-7(3)8(16)13-9(17)12-5-2/h7H,4-6H2,1-3H3,(H2,12,13,16,17)/t7-/m1/s1. The summed E-state index contributed by atoms with van der Waals surface area (Å²) in [7, 11) is 0. The number of nitrogens with one attached hydrogen (secondary N) is 2. The van der Waals surface area contributed by atoms with Crippen molar-refractivity contribution in [1.82, 2.24) is 20.8 Å². The van der Waals surface area contributed by atoms with Gasteiger partial charge in [-0.15, -0.1) is 10.2 Å². The lowest BCUT2D eigenvalue weighted by Gasteiger charge is -2.09. The fourth-order valence-corrected chi connectivity index (χ4v) is 4.20. The first-order valence-electron chi connectivity index (χ1n) is 6.28. The Morgan fingerprint density at radius 3 is 2.65 bits per heavy atom. The third-order valence-corrected chi connectivity index (χ3v) is 5.49. The number of carbonyl (C=O) groups excluding carboxylic acids is 2. The van der Waals surface area contributed by atoms with Crippen molar-refractivity contribution in [1.29, 1.82) is 0 Å². The average molecular weight is 334 g/mol. The van der Waals surface area contributed by atoms with Crippen LogP contribution in [0.3, 0.4) is 0 Å². The van der Waals surface area contributed by atoms with Crippen LogP contribution in [0.15, 0.2) is 8.68 Å². The highest BCUT2D eigenvalue weighted by molar-refractivity contribution is 8.03. The van der Waals surface area contributed by atoms with Crippen molar-refractivity contribution in [2.45, 2.75) is 41.1 Å². The van der Waals surface area contributed by atoms with Crippen LogP contribution in [-0.2, 0) is 4.79 Å². The first-order chi connectivity index (χ1) is 9.56. The van der Waals surface area contributed by atoms with Gasteiger partial charge < -0.3 is 5.32 Å². The molecule has 1 rings (SSSR count). The van der Waals surface area contributed by atoms with Crippen molar-refractivity contribution in [3.05, 3.63) is 0 Å². The fraction of sp³-hybridized carbons (Fsp3) is 0.636. The predicted octanol–water partition coefficient (Wildman–Crippen LogP) is 2.37. The number of urea groups is 1. The Bertz CT molecular complexity index is 453. The van der Waals surface area contributed by atoms with Gasteiger partial charge in [0.15, 0.2) is 8.68 Å². The summed E-state index contributed by atoms with van der Waals surface area (Å²) in [6.45, 7) is 6.12. The van der Waals surface area contributed by atoms with Gasteiger partial charge in [-0.25, -0.2) is 4.79 Å². The minimum atomic E-state index is -0.471. The number of thioether (sulfide) groups is 2. The zero-order valence-electron chi connectivity index (χ0n) is 11.6. The lowest BCUT2D eigenvalue weighted by Crippen LogP contribution is -2.42. The monoisotopic (exact) mass is 334 g/mol. The Morgan fingerprint density at radius 1 is 1.30 bits per heavy atom. The van der Waals surface area contributed by atoms with Gasteiger partial charge in [-0.1, -0.05) is 41.8 Å². The van der Waals surface area contributed by atoms with Crippen LogP contribution in [0, 0.1) is 0 Å². The zero-order valence-corrected chi connectivity index (χ0v) is 14.1. The van der Waals surface area contributed by atoms with Crippen molar-refractivity contribution in [2.75, 3.05) is 12.3 Å². The molecule has 112 valence electrons. The van der Waals surface area contributed by atoms with E-state index in [4.69, 9.17) is 0 Å². The molecule has 2 N–H and O–H groups in total. The van der Waals surface area contributed by atoms with E-state index in [1.165, 1.54) is 23.1 Å². The van der Waals surface area contributed by atoms with E-state index < -0.39 is 11.3 Å². The van der Waals surface area contributed by atoms with E-state index in [0.29, 0.717) is 6.54 Å². The number of hydrogen-bond donors (Lipinski definition) is 2. The molecule has 0 radical (unpaired) electrons. The Balaban J connectivity index is 2.44. The van der Waals surface area contributed by atoms with Crippen molar-refractivity contribution >= 4 is 46.8 Å². The quantitative estimate of drug-likeness (QED) is 0.745. The Morgan fingerprint density at radius 2 is 2.00 bits per heavy atom. The summed E-state index contributed by atoms with van der Waals surface area (Å²) in [6.07, 6.45) is 1.08. The van der Waals surface area contributed by atoms with Crippen LogP contribution in [0.4, 0.5) is 4.79 Å². The normalized spacial score (nSPS) is 11.9. The second kappa shape index (κ2) is 9.19. The smallest absolute Gasteiger partial charge is 0.321 e. The third-order valence-electron chi connectivity index (χ3n) is 2.04. The van der Waals surface area contributed by atoms with Gasteiger partial charge in [-0.05, 0) is 20.3 Å². The molecule has 0 aliphatic carbocycles. The predicted molar refractivity (Wildman–Crippen MR) is 83.5 cm³/mol. The highest BCUT2D eigenvalue weighted by atomic mass is 32.2. The van der Waals surface area contributed by atoms with Crippen LogP contribution in [0.5, 0.6) is 0 Å². The van der Waals surface area contributed by atoms with E-state index in [-0.39, 0.29) is 5.91 Å². The molecule has 0 aromatic carbocycles. The SMILES string of the molecule is CCCSc1nnc(S[C@H](C)C(=O)NC(=O)NCC)s1. The van der Waals surface area contributed by atoms with Gasteiger partial charge in [0.2, 0.25) is 5.91 Å². The largest absolute Gasteiger partial charge is 0.338 e. The topological polar surface area (TPSA) is 84.0 Å². The summed E-state index contributed by atoms with van der Waals surface area (Å²) in [5.74, 6) is 0.672. The number of carbonyl (C=O) groups is 2. The van der Waals surface area contributed by atoms with Crippen LogP contribution in [0.1, 0.15) is 27.2 Å². The maximum absolute atomic E-state index is 11.8. The Hall–Kier alpha value is -0.800. The van der Waals surface area contributed by atoms with Crippen LogP contribution in [0.2, 0.25) is 0 Å². The van der Waals surface area contributed by atoms with Gasteiger partial charge in [0, 0.05) is 12.3 Å². The van der Waals surface area contributed by atoms with Crippen LogP contribution in [0.25, 0.3) is 0 Å². The number of nitrogens with zero attached hydrogens (tertiary/aromatic N) is 2. The van der Waals surface area contributed by atoms with Crippen LogP contribution in [-0.4, -0.2) is 39.7 Å². The molecule has 0 aliphatic heterocycles. The molecule has 0 saturated carbocycles. The van der Waals surface area contributed by atoms with Gasteiger partial charge in [0.05, 0.1) is 5.25 Å². The summed E-state index contributed by atoms with van der Waals surface area (Å²) >= 11 is 4.44. The van der Waals surface area contributed by atoms with E-state index in [9.17, 15) is 9.59 Å². The van der Waals surface area contributed by atoms with Crippen molar-refractivity contribution in [2.24, 2.45) is 0 Å². The zero-order chi connectivity index (χ0) is 15.0. The van der Waals surface area contributed by atoms with Gasteiger partial charge in [-0.2, -0.15) is 0 Å². The molecule has 0 unspecified atom stereocenters. The highest BCUT2D eigenvalue weighted by Gasteiger charge is 2.19. The molecule has 0 bridgehead atoms. The maximum Gasteiger partial charge on any atom is 0.321 e. The van der Waals surface area contributed by atoms with E-state index in [2.05, 4.69) is 27.8 Å². The summed E-state index contributed by atoms with van der Waals surface area (Å²) in [5.41, 5.74) is 0. The highest BCUT2D eigenvalue weighted by Crippen LogP contribution is 2.31. The number of amides is 3. The summed E-state index contributed by atoms with van der Waals surface area (Å²) in [4.78, 5) is 23.0. The molecule has 0 fully saturated rings. The molecular weight excluding hydrogens is 316 g/mol. The molecule has 0 saturated heterocycles. The molecule has 9 heteroatoms. The lowest BCUT2D eigenvalue weighted by molar-refractivity contribution is -0.119. The number of hydrogen-bond acceptors (Lipinski definition) is 7. The van der Waals surface area contributed by atoms with Crippen molar-refractivity contribution < 1.29 is 9.59 Å². The van der Waals surface area contributed by atoms with Crippen molar-refractivity contribution in [3.8, 4) is 0 Å². The molecule has 1 heterocycles. The van der Waals surface area contributed by atoms with E-state index in [1.54, 1.807) is 25.6 Å². The fourth-order valence-electron chi connectivity index (χ4n) is 1.12. The number of rotatable bonds is 7. The maximum atomic E-state index is 11.8. The van der Waals surface area contributed by atoms with Crippen molar-refractivity contribution in [3.63, 3.8) is 0 Å². The number of imide groups is 1. The van der Waals surface area contributed by atoms with Gasteiger partial charge in [0.1, 0.15) is 0 Å². The van der Waals surface area contributed by atoms with Gasteiger partial charge >= 0.3 is 6.03 Å². The van der Waals surface area contributed by atoms with E-state index in [1.807, 2.05) is 0 Å². The summed E-state index contributed by atoms with van der Waals surface area (Å²) in [6, 6.07) is -0.471. The molecule has 1 atom stereocenters. The molecule has 1 aromatic heterocycles. The summed E-state index contributed by atoms with van der Waals surface area (Å²) in [5, 5.41) is 12.5. The Kier molecular flexibility index (Phi) is 7.93. The molecule has 0 spiro atoms. The third kappa shape index (κ3) is 6.10. The van der Waals surface area contributed by atoms with Crippen LogP contribution >= 0.6 is 34.9 Å². The van der Waals surface area contributed by atoms with Gasteiger partial charge in [-0.3, -0.25) is 10.1 Å². The number of aromatic nitrogens is 2. The molecule has 20 heavy (non-hydrogen) atoms. The molecule has 1 aromatic rings. The summed E-state index contributed by atoms with van der Waals surface area (Å²) < 4.78 is 1.65. The first kappa shape index (κ1) is 17.3. The Labute approximate surface area is 130 Å².